The second kappa shape index (κ2) is 17.7. The van der Waals surface area contributed by atoms with E-state index in [2.05, 4.69) is 10.6 Å². The van der Waals surface area contributed by atoms with Crippen LogP contribution in [0.1, 0.15) is 33.4 Å². The molecule has 0 saturated carbocycles. The number of benzene rings is 8. The molecule has 8 rings (SSSR count). The Morgan fingerprint density at radius 2 is 0.500 bits per heavy atom. The van der Waals surface area contributed by atoms with Gasteiger partial charge < -0.3 is 10.6 Å². The van der Waals surface area contributed by atoms with Crippen molar-refractivity contribution in [3.8, 4) is 0 Å². The molecule has 0 atom stereocenters. The van der Waals surface area contributed by atoms with Crippen molar-refractivity contribution in [2.45, 2.75) is 20.6 Å². The lowest BCUT2D eigenvalue weighted by Crippen LogP contribution is -2.42. The molecule has 0 bridgehead atoms. The van der Waals surface area contributed by atoms with Crippen LogP contribution in [-0.2, 0) is 20.4 Å². The van der Waals surface area contributed by atoms with Crippen molar-refractivity contribution in [2.75, 3.05) is 10.6 Å². The number of para-hydroxylation sites is 2. The summed E-state index contributed by atoms with van der Waals surface area (Å²) >= 11 is 0. The standard InChI is InChI=1S/C52H40N2O2S2/c55-49(51(39-23-7-1-8-24-39,40-25-9-2-10-26-40)41-27-11-3-12-28-41)53-45-35-19-21-37-47(45)57-58-48-38-22-20-36-46(48)54-50(56)52(42-29-13-4-14-30-42,43-31-15-5-16-32-43)44-33-17-6-18-34-44/h1-38H,(H,53,55)(H,54,56). The van der Waals surface area contributed by atoms with E-state index in [0.717, 1.165) is 43.2 Å². The van der Waals surface area contributed by atoms with E-state index in [4.69, 9.17) is 0 Å². The number of carbonyl (C=O) groups excluding carboxylic acids is 2. The summed E-state index contributed by atoms with van der Waals surface area (Å²) in [5.41, 5.74) is 4.32. The van der Waals surface area contributed by atoms with Gasteiger partial charge in [-0.05, 0) is 57.6 Å². The van der Waals surface area contributed by atoms with E-state index in [1.807, 2.05) is 231 Å². The fourth-order valence-corrected chi connectivity index (χ4v) is 10.00. The first-order valence-electron chi connectivity index (χ1n) is 19.1. The summed E-state index contributed by atoms with van der Waals surface area (Å²) in [5, 5.41) is 6.72. The van der Waals surface area contributed by atoms with Crippen LogP contribution in [0.25, 0.3) is 0 Å². The van der Waals surface area contributed by atoms with E-state index in [9.17, 15) is 0 Å². The summed E-state index contributed by atoms with van der Waals surface area (Å²) in [7, 11) is 3.06. The maximum Gasteiger partial charge on any atom is 0.244 e. The van der Waals surface area contributed by atoms with Crippen LogP contribution in [0.15, 0.2) is 240 Å². The Hall–Kier alpha value is -6.60. The van der Waals surface area contributed by atoms with Gasteiger partial charge in [0.2, 0.25) is 11.8 Å². The van der Waals surface area contributed by atoms with E-state index in [1.54, 1.807) is 0 Å². The number of rotatable bonds is 13. The van der Waals surface area contributed by atoms with Crippen molar-refractivity contribution >= 4 is 44.8 Å². The lowest BCUT2D eigenvalue weighted by molar-refractivity contribution is -0.119. The van der Waals surface area contributed by atoms with Gasteiger partial charge in [-0.25, -0.2) is 0 Å². The van der Waals surface area contributed by atoms with E-state index in [-0.39, 0.29) is 11.8 Å². The molecule has 2 amide bonds. The van der Waals surface area contributed by atoms with Crippen LogP contribution < -0.4 is 10.6 Å². The molecule has 0 aromatic heterocycles. The molecule has 0 aliphatic heterocycles. The highest BCUT2D eigenvalue weighted by atomic mass is 33.1. The first-order valence-corrected chi connectivity index (χ1v) is 21.3. The smallest absolute Gasteiger partial charge is 0.244 e. The maximum absolute atomic E-state index is 15.1. The highest BCUT2D eigenvalue weighted by Gasteiger charge is 2.45. The van der Waals surface area contributed by atoms with Gasteiger partial charge in [0, 0.05) is 9.79 Å². The lowest BCUT2D eigenvalue weighted by atomic mass is 9.68. The maximum atomic E-state index is 15.1. The molecular weight excluding hydrogens is 749 g/mol. The monoisotopic (exact) mass is 788 g/mol. The molecule has 0 aliphatic rings. The first kappa shape index (κ1) is 38.3. The van der Waals surface area contributed by atoms with Crippen LogP contribution in [0.5, 0.6) is 0 Å². The van der Waals surface area contributed by atoms with Crippen molar-refractivity contribution in [3.63, 3.8) is 0 Å². The summed E-state index contributed by atoms with van der Waals surface area (Å²) < 4.78 is 0. The molecule has 6 heteroatoms. The molecule has 0 aliphatic carbocycles. The zero-order chi connectivity index (χ0) is 39.6. The fourth-order valence-electron chi connectivity index (χ4n) is 7.72. The van der Waals surface area contributed by atoms with Gasteiger partial charge in [0.25, 0.3) is 0 Å². The molecule has 2 N–H and O–H groups in total. The summed E-state index contributed by atoms with van der Waals surface area (Å²) in [4.78, 5) is 32.0. The van der Waals surface area contributed by atoms with Crippen molar-refractivity contribution in [1.82, 2.24) is 0 Å². The average molecular weight is 789 g/mol. The molecule has 0 heterocycles. The lowest BCUT2D eigenvalue weighted by Gasteiger charge is -2.35. The van der Waals surface area contributed by atoms with Crippen LogP contribution in [0.4, 0.5) is 11.4 Å². The number of carbonyl (C=O) groups is 2. The van der Waals surface area contributed by atoms with Gasteiger partial charge in [-0.3, -0.25) is 9.59 Å². The van der Waals surface area contributed by atoms with Crippen LogP contribution in [0.2, 0.25) is 0 Å². The summed E-state index contributed by atoms with van der Waals surface area (Å²) in [6.45, 7) is 0. The predicted molar refractivity (Wildman–Crippen MR) is 240 cm³/mol. The van der Waals surface area contributed by atoms with E-state index in [1.165, 1.54) is 21.6 Å². The van der Waals surface area contributed by atoms with Crippen LogP contribution in [0, 0.1) is 0 Å². The van der Waals surface area contributed by atoms with Crippen molar-refractivity contribution in [2.24, 2.45) is 0 Å². The number of nitrogens with one attached hydrogen (secondary N) is 2. The van der Waals surface area contributed by atoms with Crippen molar-refractivity contribution in [1.29, 1.82) is 0 Å². The Morgan fingerprint density at radius 3 is 0.741 bits per heavy atom. The minimum Gasteiger partial charge on any atom is -0.324 e. The zero-order valence-electron chi connectivity index (χ0n) is 31.6. The summed E-state index contributed by atoms with van der Waals surface area (Å²) in [6, 6.07) is 75.4. The molecule has 0 unspecified atom stereocenters. The van der Waals surface area contributed by atoms with E-state index in [0.29, 0.717) is 11.4 Å². The van der Waals surface area contributed by atoms with Gasteiger partial charge in [0.15, 0.2) is 0 Å². The minimum atomic E-state index is -1.13. The Balaban J connectivity index is 1.12. The Kier molecular flexibility index (Phi) is 11.7. The average Bonchev–Trinajstić information content (AvgIpc) is 3.29. The van der Waals surface area contributed by atoms with Gasteiger partial charge in [0.1, 0.15) is 10.8 Å². The predicted octanol–water partition coefficient (Wildman–Crippen LogP) is 12.4. The van der Waals surface area contributed by atoms with E-state index < -0.39 is 10.8 Å². The summed E-state index contributed by atoms with van der Waals surface area (Å²) in [5.74, 6) is -0.332. The minimum absolute atomic E-state index is 0.166. The van der Waals surface area contributed by atoms with Gasteiger partial charge in [-0.15, -0.1) is 0 Å². The first-order chi connectivity index (χ1) is 28.6. The molecular formula is C52H40N2O2S2. The quantitative estimate of drug-likeness (QED) is 0.0902. The second-order valence-corrected chi connectivity index (χ2v) is 16.0. The zero-order valence-corrected chi connectivity index (χ0v) is 33.2. The second-order valence-electron chi connectivity index (χ2n) is 13.8. The molecule has 8 aromatic carbocycles. The summed E-state index contributed by atoms with van der Waals surface area (Å²) in [6.07, 6.45) is 0. The number of hydrogen-bond acceptors (Lipinski definition) is 4. The molecule has 282 valence electrons. The SMILES string of the molecule is O=C(Nc1ccccc1SSc1ccccc1NC(=O)C(c1ccccc1)(c1ccccc1)c1ccccc1)C(c1ccccc1)(c1ccccc1)c1ccccc1. The van der Waals surface area contributed by atoms with Crippen LogP contribution in [-0.4, -0.2) is 11.8 Å². The van der Waals surface area contributed by atoms with Crippen LogP contribution >= 0.6 is 21.6 Å². The third-order valence-corrected chi connectivity index (χ3v) is 12.9. The molecule has 0 fully saturated rings. The molecule has 4 nitrogen and oxygen atoms in total. The molecule has 58 heavy (non-hydrogen) atoms. The fraction of sp³-hybridized carbons (Fsp3) is 0.0385. The molecule has 8 aromatic rings. The number of anilines is 2. The Bertz CT molecular complexity index is 2210. The topological polar surface area (TPSA) is 58.2 Å². The van der Waals surface area contributed by atoms with E-state index >= 15 is 9.59 Å². The van der Waals surface area contributed by atoms with Gasteiger partial charge in [0.05, 0.1) is 11.4 Å². The number of amides is 2. The third kappa shape index (κ3) is 7.48. The number of hydrogen-bond donors (Lipinski definition) is 2. The highest BCUT2D eigenvalue weighted by molar-refractivity contribution is 8.76. The van der Waals surface area contributed by atoms with Gasteiger partial charge >= 0.3 is 0 Å². The van der Waals surface area contributed by atoms with Crippen LogP contribution in [0.3, 0.4) is 0 Å². The van der Waals surface area contributed by atoms with Gasteiger partial charge in [-0.1, -0.05) is 228 Å². The largest absolute Gasteiger partial charge is 0.324 e. The normalized spacial score (nSPS) is 11.4. The van der Waals surface area contributed by atoms with Crippen molar-refractivity contribution in [3.05, 3.63) is 264 Å². The molecule has 0 radical (unpaired) electrons. The Labute approximate surface area is 347 Å². The molecule has 0 saturated heterocycles. The highest BCUT2D eigenvalue weighted by Crippen LogP contribution is 2.47. The Morgan fingerprint density at radius 1 is 0.293 bits per heavy atom. The molecule has 0 spiro atoms. The van der Waals surface area contributed by atoms with Gasteiger partial charge in [-0.2, -0.15) is 0 Å². The van der Waals surface area contributed by atoms with Crippen molar-refractivity contribution < 1.29 is 9.59 Å². The third-order valence-electron chi connectivity index (χ3n) is 10.4.